The largest absolute Gasteiger partial charge is 0.461 e. The van der Waals surface area contributed by atoms with E-state index in [1.807, 2.05) is 20.2 Å². The highest BCUT2D eigenvalue weighted by Gasteiger charge is 1.94. The van der Waals surface area contributed by atoms with Crippen LogP contribution in [0.1, 0.15) is 5.56 Å². The van der Waals surface area contributed by atoms with Crippen LogP contribution in [0, 0.1) is 6.26 Å². The molecule has 0 aliphatic heterocycles. The fourth-order valence-electron chi connectivity index (χ4n) is 0.686. The average molecular weight is 124 g/mol. The monoisotopic (exact) mass is 124 g/mol. The Morgan fingerprint density at radius 2 is 2.44 bits per heavy atom. The lowest BCUT2D eigenvalue weighted by atomic mass is 10.3. The summed E-state index contributed by atoms with van der Waals surface area (Å²) >= 11 is 0. The van der Waals surface area contributed by atoms with E-state index in [9.17, 15) is 0 Å². The van der Waals surface area contributed by atoms with Crippen LogP contribution in [0.15, 0.2) is 16.7 Å². The molecule has 0 spiro atoms. The lowest BCUT2D eigenvalue weighted by molar-refractivity contribution is 0.399. The zero-order valence-corrected chi connectivity index (χ0v) is 5.72. The van der Waals surface area contributed by atoms with Crippen molar-refractivity contribution in [1.29, 1.82) is 0 Å². The highest BCUT2D eigenvalue weighted by Crippen LogP contribution is 1.99. The van der Waals surface area contributed by atoms with E-state index in [1.165, 1.54) is 0 Å². The highest BCUT2D eigenvalue weighted by molar-refractivity contribution is 5.02. The van der Waals surface area contributed by atoms with Crippen LogP contribution < -0.4 is 0 Å². The fraction of sp³-hybridized carbons (Fsp3) is 0.429. The van der Waals surface area contributed by atoms with Crippen molar-refractivity contribution in [1.82, 2.24) is 4.90 Å². The average Bonchev–Trinajstić information content (AvgIpc) is 2.15. The van der Waals surface area contributed by atoms with Gasteiger partial charge < -0.3 is 9.32 Å². The predicted octanol–water partition coefficient (Wildman–Crippen LogP) is 1.14. The second-order valence-electron chi connectivity index (χ2n) is 2.29. The summed E-state index contributed by atoms with van der Waals surface area (Å²) in [6, 6.07) is 1.92. The molecule has 1 rings (SSSR count). The van der Waals surface area contributed by atoms with E-state index in [-0.39, 0.29) is 0 Å². The van der Waals surface area contributed by atoms with Gasteiger partial charge in [0.15, 0.2) is 6.26 Å². The summed E-state index contributed by atoms with van der Waals surface area (Å²) in [5, 5.41) is 0. The van der Waals surface area contributed by atoms with E-state index in [1.54, 1.807) is 6.26 Å². The topological polar surface area (TPSA) is 16.4 Å². The fourth-order valence-corrected chi connectivity index (χ4v) is 0.686. The molecule has 0 atom stereocenters. The molecule has 0 unspecified atom stereocenters. The number of hydrogen-bond donors (Lipinski definition) is 0. The Balaban J connectivity index is 2.48. The molecule has 0 aliphatic rings. The van der Waals surface area contributed by atoms with E-state index in [0.717, 1.165) is 12.1 Å². The van der Waals surface area contributed by atoms with Gasteiger partial charge in [-0.1, -0.05) is 0 Å². The van der Waals surface area contributed by atoms with Crippen LogP contribution in [0.4, 0.5) is 0 Å². The molecule has 1 radical (unpaired) electrons. The van der Waals surface area contributed by atoms with E-state index in [0.29, 0.717) is 0 Å². The van der Waals surface area contributed by atoms with E-state index < -0.39 is 0 Å². The molecule has 0 saturated carbocycles. The molecule has 0 bridgehead atoms. The molecule has 1 aromatic heterocycles. The smallest absolute Gasteiger partial charge is 0.173 e. The zero-order valence-electron chi connectivity index (χ0n) is 5.72. The predicted molar refractivity (Wildman–Crippen MR) is 34.9 cm³/mol. The van der Waals surface area contributed by atoms with Crippen molar-refractivity contribution in [3.8, 4) is 0 Å². The van der Waals surface area contributed by atoms with E-state index in [2.05, 4.69) is 11.2 Å². The quantitative estimate of drug-likeness (QED) is 0.587. The Bertz CT molecular complexity index is 155. The van der Waals surface area contributed by atoms with Crippen LogP contribution in [0.3, 0.4) is 0 Å². The van der Waals surface area contributed by atoms with Crippen molar-refractivity contribution in [2.24, 2.45) is 0 Å². The normalized spacial score (nSPS) is 10.6. The van der Waals surface area contributed by atoms with Gasteiger partial charge in [-0.05, 0) is 20.2 Å². The van der Waals surface area contributed by atoms with Gasteiger partial charge in [-0.2, -0.15) is 0 Å². The summed E-state index contributed by atoms with van der Waals surface area (Å²) in [6.45, 7) is 0.899. The number of hydrogen-bond acceptors (Lipinski definition) is 2. The minimum atomic E-state index is 0.899. The van der Waals surface area contributed by atoms with Crippen molar-refractivity contribution in [3.05, 3.63) is 24.2 Å². The first kappa shape index (κ1) is 6.36. The van der Waals surface area contributed by atoms with Gasteiger partial charge in [-0.3, -0.25) is 0 Å². The number of nitrogens with zero attached hydrogens (tertiary/aromatic N) is 1. The summed E-state index contributed by atoms with van der Waals surface area (Å²) in [4.78, 5) is 2.07. The summed E-state index contributed by atoms with van der Waals surface area (Å²) in [7, 11) is 4.03. The first-order valence-electron chi connectivity index (χ1n) is 2.88. The maximum Gasteiger partial charge on any atom is 0.173 e. The zero-order chi connectivity index (χ0) is 6.69. The van der Waals surface area contributed by atoms with Gasteiger partial charge in [0.05, 0.1) is 6.26 Å². The van der Waals surface area contributed by atoms with Crippen molar-refractivity contribution in [2.75, 3.05) is 14.1 Å². The SMILES string of the molecule is CN(C)Cc1[c]occ1. The van der Waals surface area contributed by atoms with Gasteiger partial charge in [0.2, 0.25) is 0 Å². The second kappa shape index (κ2) is 2.69. The van der Waals surface area contributed by atoms with Gasteiger partial charge in [-0.15, -0.1) is 0 Å². The maximum absolute atomic E-state index is 4.76. The molecular formula is C7H10NO. The van der Waals surface area contributed by atoms with Crippen molar-refractivity contribution in [3.63, 3.8) is 0 Å². The van der Waals surface area contributed by atoms with Gasteiger partial charge in [0.25, 0.3) is 0 Å². The molecule has 0 fully saturated rings. The molecule has 0 amide bonds. The molecule has 0 aliphatic carbocycles. The van der Waals surface area contributed by atoms with Crippen LogP contribution >= 0.6 is 0 Å². The molecular weight excluding hydrogens is 114 g/mol. The molecule has 2 heteroatoms. The maximum atomic E-state index is 4.76. The summed E-state index contributed by atoms with van der Waals surface area (Å²) in [5.74, 6) is 0. The molecule has 0 saturated heterocycles. The van der Waals surface area contributed by atoms with Crippen LogP contribution in [0.2, 0.25) is 0 Å². The highest BCUT2D eigenvalue weighted by atomic mass is 16.3. The molecule has 1 heterocycles. The third-order valence-corrected chi connectivity index (χ3v) is 1.01. The molecule has 2 nitrogen and oxygen atoms in total. The number of rotatable bonds is 2. The Kier molecular flexibility index (Phi) is 1.90. The lowest BCUT2D eigenvalue weighted by Crippen LogP contribution is -2.09. The lowest BCUT2D eigenvalue weighted by Gasteiger charge is -2.04. The minimum absolute atomic E-state index is 0.899. The summed E-state index contributed by atoms with van der Waals surface area (Å²) in [6.07, 6.45) is 4.39. The summed E-state index contributed by atoms with van der Waals surface area (Å²) in [5.41, 5.74) is 1.10. The number of furan rings is 1. The third kappa shape index (κ3) is 1.90. The third-order valence-electron chi connectivity index (χ3n) is 1.01. The minimum Gasteiger partial charge on any atom is -0.461 e. The van der Waals surface area contributed by atoms with Crippen LogP contribution in [-0.4, -0.2) is 19.0 Å². The summed E-state index contributed by atoms with van der Waals surface area (Å²) < 4.78 is 4.76. The van der Waals surface area contributed by atoms with Crippen LogP contribution in [0.5, 0.6) is 0 Å². The van der Waals surface area contributed by atoms with Gasteiger partial charge in [0, 0.05) is 12.1 Å². The van der Waals surface area contributed by atoms with Crippen molar-refractivity contribution in [2.45, 2.75) is 6.54 Å². The first-order valence-corrected chi connectivity index (χ1v) is 2.88. The molecule has 0 aromatic carbocycles. The van der Waals surface area contributed by atoms with E-state index >= 15 is 0 Å². The first-order chi connectivity index (χ1) is 4.29. The Hall–Kier alpha value is -0.760. The van der Waals surface area contributed by atoms with Crippen molar-refractivity contribution >= 4 is 0 Å². The Labute approximate surface area is 55.1 Å². The molecule has 49 valence electrons. The Morgan fingerprint density at radius 3 is 2.89 bits per heavy atom. The van der Waals surface area contributed by atoms with Gasteiger partial charge >= 0.3 is 0 Å². The standard InChI is InChI=1S/C7H10NO/c1-8(2)5-7-3-4-9-6-7/h3-4H,5H2,1-2H3. The molecule has 1 aromatic rings. The van der Waals surface area contributed by atoms with E-state index in [4.69, 9.17) is 4.42 Å². The van der Waals surface area contributed by atoms with Crippen molar-refractivity contribution < 1.29 is 4.42 Å². The molecule has 9 heavy (non-hydrogen) atoms. The Morgan fingerprint density at radius 1 is 1.67 bits per heavy atom. The van der Waals surface area contributed by atoms with Crippen LogP contribution in [0.25, 0.3) is 0 Å². The second-order valence-corrected chi connectivity index (χ2v) is 2.29. The molecule has 0 N–H and O–H groups in total. The van der Waals surface area contributed by atoms with Gasteiger partial charge in [-0.25, -0.2) is 0 Å². The van der Waals surface area contributed by atoms with Crippen LogP contribution in [-0.2, 0) is 6.54 Å². The van der Waals surface area contributed by atoms with Gasteiger partial charge in [0.1, 0.15) is 0 Å².